The van der Waals surface area contributed by atoms with E-state index in [2.05, 4.69) is 10.6 Å². The van der Waals surface area contributed by atoms with E-state index in [0.717, 1.165) is 12.8 Å². The molecule has 0 aromatic heterocycles. The predicted octanol–water partition coefficient (Wildman–Crippen LogP) is 1.10. The summed E-state index contributed by atoms with van der Waals surface area (Å²) in [6, 6.07) is 1.36. The molecule has 18 heavy (non-hydrogen) atoms. The van der Waals surface area contributed by atoms with E-state index in [0.29, 0.717) is 12.3 Å². The van der Waals surface area contributed by atoms with Gasteiger partial charge in [-0.1, -0.05) is 32.1 Å². The Labute approximate surface area is 108 Å². The minimum atomic E-state index is -0.501. The summed E-state index contributed by atoms with van der Waals surface area (Å²) < 4.78 is 0. The molecule has 2 amide bonds. The number of nitriles is 1. The number of nitrogens with one attached hydrogen (secondary N) is 2. The fourth-order valence-electron chi connectivity index (χ4n) is 2.48. The second-order valence-electron chi connectivity index (χ2n) is 4.87. The Hall–Kier alpha value is -1.57. The summed E-state index contributed by atoms with van der Waals surface area (Å²) in [5, 5.41) is 13.6. The number of amides is 2. The summed E-state index contributed by atoms with van der Waals surface area (Å²) in [7, 11) is 0. The minimum absolute atomic E-state index is 0.0143. The maximum atomic E-state index is 11.8. The van der Waals surface area contributed by atoms with E-state index in [1.807, 2.05) is 6.07 Å². The van der Waals surface area contributed by atoms with Gasteiger partial charge in [-0.2, -0.15) is 5.26 Å². The van der Waals surface area contributed by atoms with Gasteiger partial charge in [-0.25, -0.2) is 0 Å². The number of hydrogen-bond acceptors (Lipinski definition) is 3. The molecule has 0 saturated heterocycles. The molecule has 0 aromatic rings. The zero-order valence-electron chi connectivity index (χ0n) is 10.9. The Morgan fingerprint density at radius 2 is 2.00 bits per heavy atom. The van der Waals surface area contributed by atoms with E-state index in [-0.39, 0.29) is 18.4 Å². The Bertz CT molecular complexity index is 330. The lowest BCUT2D eigenvalue weighted by Crippen LogP contribution is -2.47. The topological polar surface area (TPSA) is 82.0 Å². The molecule has 0 bridgehead atoms. The van der Waals surface area contributed by atoms with Crippen LogP contribution in [0.3, 0.4) is 0 Å². The van der Waals surface area contributed by atoms with Crippen LogP contribution in [0, 0.1) is 17.2 Å². The summed E-state index contributed by atoms with van der Waals surface area (Å²) in [6.45, 7) is 1.39. The molecular weight excluding hydrogens is 230 g/mol. The summed E-state index contributed by atoms with van der Waals surface area (Å²) in [5.74, 6) is 0.0451. The van der Waals surface area contributed by atoms with Crippen molar-refractivity contribution in [1.29, 1.82) is 5.26 Å². The Morgan fingerprint density at radius 1 is 1.33 bits per heavy atom. The Morgan fingerprint density at radius 3 is 2.56 bits per heavy atom. The van der Waals surface area contributed by atoms with Crippen molar-refractivity contribution in [3.63, 3.8) is 0 Å². The van der Waals surface area contributed by atoms with Crippen LogP contribution >= 0.6 is 0 Å². The number of rotatable bonds is 5. The van der Waals surface area contributed by atoms with Gasteiger partial charge in [0.05, 0.1) is 6.07 Å². The standard InChI is InChI=1S/C13H21N3O2/c1-10(17)16-12(13(18)15-8-7-14)9-11-5-3-2-4-6-11/h11-12H,2-6,8-9H2,1H3,(H,15,18)(H,16,17)/t12-/m0/s1. The molecule has 2 N–H and O–H groups in total. The van der Waals surface area contributed by atoms with E-state index in [4.69, 9.17) is 5.26 Å². The number of carbonyl (C=O) groups is 2. The molecule has 1 rings (SSSR count). The number of hydrogen-bond donors (Lipinski definition) is 2. The first kappa shape index (κ1) is 14.5. The third-order valence-electron chi connectivity index (χ3n) is 3.33. The van der Waals surface area contributed by atoms with Gasteiger partial charge in [0.15, 0.2) is 0 Å². The van der Waals surface area contributed by atoms with Crippen molar-refractivity contribution < 1.29 is 9.59 Å². The first-order valence-electron chi connectivity index (χ1n) is 6.55. The van der Waals surface area contributed by atoms with E-state index in [1.165, 1.54) is 26.2 Å². The van der Waals surface area contributed by atoms with Crippen molar-refractivity contribution in [2.75, 3.05) is 6.54 Å². The average Bonchev–Trinajstić information content (AvgIpc) is 2.36. The van der Waals surface area contributed by atoms with Crippen LogP contribution in [0.5, 0.6) is 0 Å². The molecule has 1 saturated carbocycles. The molecule has 100 valence electrons. The van der Waals surface area contributed by atoms with Crippen LogP contribution in [-0.4, -0.2) is 24.4 Å². The van der Waals surface area contributed by atoms with Crippen molar-refractivity contribution in [3.05, 3.63) is 0 Å². The van der Waals surface area contributed by atoms with Gasteiger partial charge in [-0.05, 0) is 12.3 Å². The summed E-state index contributed by atoms with van der Waals surface area (Å²) in [6.07, 6.45) is 6.61. The highest BCUT2D eigenvalue weighted by molar-refractivity contribution is 5.86. The third kappa shape index (κ3) is 5.17. The molecule has 0 aliphatic heterocycles. The van der Waals surface area contributed by atoms with Gasteiger partial charge in [0, 0.05) is 6.92 Å². The smallest absolute Gasteiger partial charge is 0.243 e. The highest BCUT2D eigenvalue weighted by atomic mass is 16.2. The molecule has 0 aromatic carbocycles. The Kier molecular flexibility index (Phi) is 6.20. The third-order valence-corrected chi connectivity index (χ3v) is 3.33. The van der Waals surface area contributed by atoms with Crippen LogP contribution in [0.2, 0.25) is 0 Å². The van der Waals surface area contributed by atoms with Crippen molar-refractivity contribution in [3.8, 4) is 6.07 Å². The zero-order valence-corrected chi connectivity index (χ0v) is 10.9. The highest BCUT2D eigenvalue weighted by Gasteiger charge is 2.24. The lowest BCUT2D eigenvalue weighted by Gasteiger charge is -2.26. The van der Waals surface area contributed by atoms with Crippen LogP contribution in [0.15, 0.2) is 0 Å². The first-order valence-corrected chi connectivity index (χ1v) is 6.55. The number of carbonyl (C=O) groups excluding carboxylic acids is 2. The molecule has 1 aliphatic rings. The van der Waals surface area contributed by atoms with Crippen molar-refractivity contribution in [2.45, 2.75) is 51.5 Å². The van der Waals surface area contributed by atoms with Crippen LogP contribution in [0.4, 0.5) is 0 Å². The summed E-state index contributed by atoms with van der Waals surface area (Å²) in [5.41, 5.74) is 0. The van der Waals surface area contributed by atoms with E-state index in [9.17, 15) is 9.59 Å². The molecule has 0 radical (unpaired) electrons. The second-order valence-corrected chi connectivity index (χ2v) is 4.87. The fourth-order valence-corrected chi connectivity index (χ4v) is 2.48. The molecule has 1 atom stereocenters. The highest BCUT2D eigenvalue weighted by Crippen LogP contribution is 2.27. The zero-order chi connectivity index (χ0) is 13.4. The molecule has 1 aliphatic carbocycles. The van der Waals surface area contributed by atoms with E-state index in [1.54, 1.807) is 0 Å². The van der Waals surface area contributed by atoms with Gasteiger partial charge in [0.2, 0.25) is 11.8 Å². The predicted molar refractivity (Wildman–Crippen MR) is 67.4 cm³/mol. The normalized spacial score (nSPS) is 17.6. The maximum absolute atomic E-state index is 11.8. The largest absolute Gasteiger partial charge is 0.345 e. The summed E-state index contributed by atoms with van der Waals surface area (Å²) >= 11 is 0. The molecular formula is C13H21N3O2. The van der Waals surface area contributed by atoms with Crippen LogP contribution in [0.1, 0.15) is 45.4 Å². The first-order chi connectivity index (χ1) is 8.63. The van der Waals surface area contributed by atoms with Crippen molar-refractivity contribution >= 4 is 11.8 Å². The van der Waals surface area contributed by atoms with Gasteiger partial charge in [0.1, 0.15) is 12.6 Å². The van der Waals surface area contributed by atoms with Gasteiger partial charge in [0.25, 0.3) is 0 Å². The molecule has 1 fully saturated rings. The SMILES string of the molecule is CC(=O)N[C@@H](CC1CCCCC1)C(=O)NCC#N. The lowest BCUT2D eigenvalue weighted by molar-refractivity contribution is -0.128. The molecule has 5 nitrogen and oxygen atoms in total. The number of nitrogens with zero attached hydrogens (tertiary/aromatic N) is 1. The quantitative estimate of drug-likeness (QED) is 0.718. The van der Waals surface area contributed by atoms with Crippen LogP contribution in [-0.2, 0) is 9.59 Å². The monoisotopic (exact) mass is 251 g/mol. The molecule has 5 heteroatoms. The van der Waals surface area contributed by atoms with Crippen LogP contribution in [0.25, 0.3) is 0 Å². The maximum Gasteiger partial charge on any atom is 0.243 e. The van der Waals surface area contributed by atoms with Gasteiger partial charge < -0.3 is 10.6 Å². The molecule has 0 spiro atoms. The summed E-state index contributed by atoms with van der Waals surface area (Å²) in [4.78, 5) is 23.0. The van der Waals surface area contributed by atoms with Crippen molar-refractivity contribution in [1.82, 2.24) is 10.6 Å². The van der Waals surface area contributed by atoms with E-state index < -0.39 is 6.04 Å². The van der Waals surface area contributed by atoms with Gasteiger partial charge >= 0.3 is 0 Å². The minimum Gasteiger partial charge on any atom is -0.345 e. The average molecular weight is 251 g/mol. The van der Waals surface area contributed by atoms with E-state index >= 15 is 0 Å². The van der Waals surface area contributed by atoms with Gasteiger partial charge in [-0.3, -0.25) is 9.59 Å². The van der Waals surface area contributed by atoms with Gasteiger partial charge in [-0.15, -0.1) is 0 Å². The Balaban J connectivity index is 2.50. The van der Waals surface area contributed by atoms with Crippen LogP contribution < -0.4 is 10.6 Å². The second kappa shape index (κ2) is 7.70. The fraction of sp³-hybridized carbons (Fsp3) is 0.769. The lowest BCUT2D eigenvalue weighted by atomic mass is 9.84. The molecule has 0 unspecified atom stereocenters. The van der Waals surface area contributed by atoms with Crippen molar-refractivity contribution in [2.24, 2.45) is 5.92 Å². The molecule has 0 heterocycles.